The molecule has 3 rings (SSSR count). The summed E-state index contributed by atoms with van der Waals surface area (Å²) in [4.78, 5) is 5.03. The minimum atomic E-state index is -3.53. The summed E-state index contributed by atoms with van der Waals surface area (Å²) in [6.07, 6.45) is 4.69. The minimum absolute atomic E-state index is 0.0441. The lowest BCUT2D eigenvalue weighted by atomic mass is 10.1. The highest BCUT2D eigenvalue weighted by molar-refractivity contribution is 7.89. The van der Waals surface area contributed by atoms with E-state index >= 15 is 0 Å². The van der Waals surface area contributed by atoms with Gasteiger partial charge in [0.25, 0.3) is 10.0 Å². The second kappa shape index (κ2) is 5.01. The molecule has 20 heavy (non-hydrogen) atoms. The van der Waals surface area contributed by atoms with Gasteiger partial charge in [0.05, 0.1) is 0 Å². The van der Waals surface area contributed by atoms with Gasteiger partial charge in [-0.15, -0.1) is 11.3 Å². The van der Waals surface area contributed by atoms with E-state index in [1.165, 1.54) is 11.3 Å². The van der Waals surface area contributed by atoms with Gasteiger partial charge in [-0.1, -0.05) is 6.42 Å². The lowest BCUT2D eigenvalue weighted by Crippen LogP contribution is -2.42. The fourth-order valence-corrected chi connectivity index (χ4v) is 5.44. The lowest BCUT2D eigenvalue weighted by Gasteiger charge is -2.32. The summed E-state index contributed by atoms with van der Waals surface area (Å²) in [6.45, 7) is 2.56. The van der Waals surface area contributed by atoms with E-state index in [9.17, 15) is 8.42 Å². The van der Waals surface area contributed by atoms with Crippen LogP contribution >= 0.6 is 11.3 Å². The number of rotatable bonds is 3. The summed E-state index contributed by atoms with van der Waals surface area (Å²) < 4.78 is 29.2. The van der Waals surface area contributed by atoms with E-state index in [1.807, 2.05) is 12.3 Å². The van der Waals surface area contributed by atoms with Crippen LogP contribution in [0.2, 0.25) is 0 Å². The van der Waals surface area contributed by atoms with Crippen LogP contribution in [0.5, 0.6) is 0 Å². The lowest BCUT2D eigenvalue weighted by molar-refractivity contribution is 0.268. The van der Waals surface area contributed by atoms with Crippen LogP contribution in [-0.2, 0) is 10.0 Å². The number of nitrogens with zero attached hydrogens (tertiary/aromatic N) is 3. The predicted octanol–water partition coefficient (Wildman–Crippen LogP) is 2.00. The number of imidazole rings is 1. The smallest absolute Gasteiger partial charge is 0.263 e. The van der Waals surface area contributed by atoms with Crippen LogP contribution in [-0.4, -0.2) is 41.7 Å². The van der Waals surface area contributed by atoms with Gasteiger partial charge in [-0.25, -0.2) is 13.4 Å². The third kappa shape index (κ3) is 2.02. The fraction of sp³-hybridized carbons (Fsp3) is 0.583. The van der Waals surface area contributed by atoms with E-state index in [0.717, 1.165) is 19.3 Å². The molecule has 0 spiro atoms. The average Bonchev–Trinajstić information content (AvgIpc) is 2.97. The van der Waals surface area contributed by atoms with E-state index < -0.39 is 10.0 Å². The SMILES string of the molecule is CNc1nc2sccn2c1S(=O)(=O)N1CCCCC1C. The van der Waals surface area contributed by atoms with E-state index in [-0.39, 0.29) is 11.1 Å². The van der Waals surface area contributed by atoms with E-state index in [0.29, 0.717) is 17.3 Å². The van der Waals surface area contributed by atoms with Gasteiger partial charge in [-0.3, -0.25) is 4.40 Å². The van der Waals surface area contributed by atoms with Crippen LogP contribution in [0.1, 0.15) is 26.2 Å². The molecular formula is C12H18N4O2S2. The number of thiazole rings is 1. The highest BCUT2D eigenvalue weighted by atomic mass is 32.2. The number of nitrogens with one attached hydrogen (secondary N) is 1. The summed E-state index contributed by atoms with van der Waals surface area (Å²) in [5, 5.41) is 5.00. The molecule has 1 aliphatic heterocycles. The molecule has 110 valence electrons. The van der Waals surface area contributed by atoms with Crippen LogP contribution in [0, 0.1) is 0 Å². The van der Waals surface area contributed by atoms with Gasteiger partial charge in [0.2, 0.25) is 0 Å². The molecule has 3 heterocycles. The largest absolute Gasteiger partial charge is 0.371 e. The number of fused-ring (bicyclic) bond motifs is 1. The Morgan fingerprint density at radius 2 is 2.25 bits per heavy atom. The van der Waals surface area contributed by atoms with Crippen molar-refractivity contribution in [3.63, 3.8) is 0 Å². The summed E-state index contributed by atoms with van der Waals surface area (Å²) in [6, 6.07) is 0.0441. The van der Waals surface area contributed by atoms with E-state index in [2.05, 4.69) is 10.3 Å². The maximum Gasteiger partial charge on any atom is 0.263 e. The van der Waals surface area contributed by atoms with Crippen LogP contribution < -0.4 is 5.32 Å². The molecule has 0 aliphatic carbocycles. The Morgan fingerprint density at radius 1 is 1.45 bits per heavy atom. The second-order valence-corrected chi connectivity index (χ2v) is 7.71. The Kier molecular flexibility index (Phi) is 3.47. The van der Waals surface area contributed by atoms with Crippen molar-refractivity contribution in [3.8, 4) is 0 Å². The monoisotopic (exact) mass is 314 g/mol. The van der Waals surface area contributed by atoms with Crippen LogP contribution in [0.25, 0.3) is 4.96 Å². The molecule has 0 bridgehead atoms. The van der Waals surface area contributed by atoms with Crippen molar-refractivity contribution in [2.45, 2.75) is 37.3 Å². The maximum absolute atomic E-state index is 13.0. The zero-order chi connectivity index (χ0) is 14.3. The van der Waals surface area contributed by atoms with Gasteiger partial charge in [0, 0.05) is 31.2 Å². The molecular weight excluding hydrogens is 296 g/mol. The van der Waals surface area contributed by atoms with Crippen molar-refractivity contribution in [2.75, 3.05) is 18.9 Å². The average molecular weight is 314 g/mol. The molecule has 8 heteroatoms. The number of aromatic nitrogens is 2. The summed E-state index contributed by atoms with van der Waals surface area (Å²) >= 11 is 1.43. The number of hydrogen-bond acceptors (Lipinski definition) is 5. The zero-order valence-electron chi connectivity index (χ0n) is 11.5. The molecule has 0 aromatic carbocycles. The van der Waals surface area contributed by atoms with Gasteiger partial charge < -0.3 is 5.32 Å². The van der Waals surface area contributed by atoms with Gasteiger partial charge in [-0.2, -0.15) is 4.31 Å². The number of piperidine rings is 1. The first-order chi connectivity index (χ1) is 9.55. The second-order valence-electron chi connectivity index (χ2n) is 5.03. The topological polar surface area (TPSA) is 66.7 Å². The molecule has 1 fully saturated rings. The highest BCUT2D eigenvalue weighted by Gasteiger charge is 2.35. The third-order valence-electron chi connectivity index (χ3n) is 3.75. The van der Waals surface area contributed by atoms with Crippen LogP contribution in [0.4, 0.5) is 5.82 Å². The Hall–Kier alpha value is -1.12. The van der Waals surface area contributed by atoms with Crippen molar-refractivity contribution in [1.29, 1.82) is 0 Å². The van der Waals surface area contributed by atoms with Gasteiger partial charge in [0.15, 0.2) is 15.8 Å². The summed E-state index contributed by atoms with van der Waals surface area (Å²) in [7, 11) is -1.83. The van der Waals surface area contributed by atoms with Crippen molar-refractivity contribution < 1.29 is 8.42 Å². The van der Waals surface area contributed by atoms with E-state index in [4.69, 9.17) is 0 Å². The fourth-order valence-electron chi connectivity index (χ4n) is 2.71. The molecule has 1 saturated heterocycles. The van der Waals surface area contributed by atoms with Gasteiger partial charge in [-0.05, 0) is 19.8 Å². The third-order valence-corrected chi connectivity index (χ3v) is 6.55. The Morgan fingerprint density at radius 3 is 2.95 bits per heavy atom. The maximum atomic E-state index is 13.0. The number of anilines is 1. The molecule has 1 unspecified atom stereocenters. The molecule has 0 saturated carbocycles. The number of hydrogen-bond donors (Lipinski definition) is 1. The first-order valence-corrected chi connectivity index (χ1v) is 9.03. The van der Waals surface area contributed by atoms with Crippen molar-refractivity contribution >= 4 is 32.1 Å². The Balaban J connectivity index is 2.15. The first kappa shape index (κ1) is 13.8. The zero-order valence-corrected chi connectivity index (χ0v) is 13.2. The molecule has 0 radical (unpaired) electrons. The molecule has 2 aromatic heterocycles. The summed E-state index contributed by atoms with van der Waals surface area (Å²) in [5.41, 5.74) is 0. The van der Waals surface area contributed by atoms with Crippen LogP contribution in [0.15, 0.2) is 16.6 Å². The number of sulfonamides is 1. The van der Waals surface area contributed by atoms with Gasteiger partial charge >= 0.3 is 0 Å². The Labute approximate surface area is 122 Å². The van der Waals surface area contributed by atoms with Crippen molar-refractivity contribution in [2.24, 2.45) is 0 Å². The quantitative estimate of drug-likeness (QED) is 0.941. The molecule has 1 atom stereocenters. The molecule has 6 nitrogen and oxygen atoms in total. The van der Waals surface area contributed by atoms with Crippen molar-refractivity contribution in [3.05, 3.63) is 11.6 Å². The normalized spacial score (nSPS) is 21.4. The predicted molar refractivity (Wildman–Crippen MR) is 79.8 cm³/mol. The minimum Gasteiger partial charge on any atom is -0.371 e. The first-order valence-electron chi connectivity index (χ1n) is 6.71. The van der Waals surface area contributed by atoms with Gasteiger partial charge in [0.1, 0.15) is 0 Å². The summed E-state index contributed by atoms with van der Waals surface area (Å²) in [5.74, 6) is 0.426. The van der Waals surface area contributed by atoms with E-state index in [1.54, 1.807) is 22.0 Å². The standard InChI is InChI=1S/C12H18N4O2S2/c1-9-5-3-4-6-16(9)20(17,18)11-10(13-2)14-12-15(11)7-8-19-12/h7-9,13H,3-6H2,1-2H3. The molecule has 2 aromatic rings. The van der Waals surface area contributed by atoms with Crippen LogP contribution in [0.3, 0.4) is 0 Å². The molecule has 1 N–H and O–H groups in total. The molecule has 1 aliphatic rings. The molecule has 0 amide bonds. The highest BCUT2D eigenvalue weighted by Crippen LogP contribution is 2.31. The Bertz CT molecular complexity index is 719. The van der Waals surface area contributed by atoms with Crippen molar-refractivity contribution in [1.82, 2.24) is 13.7 Å².